The van der Waals surface area contributed by atoms with E-state index in [4.69, 9.17) is 4.74 Å². The van der Waals surface area contributed by atoms with Crippen molar-refractivity contribution in [2.75, 3.05) is 7.11 Å². The van der Waals surface area contributed by atoms with Gasteiger partial charge in [-0.1, -0.05) is 31.2 Å². The van der Waals surface area contributed by atoms with E-state index in [-0.39, 0.29) is 5.78 Å². The van der Waals surface area contributed by atoms with Crippen LogP contribution in [0.15, 0.2) is 30.3 Å². The summed E-state index contributed by atoms with van der Waals surface area (Å²) in [5.41, 5.74) is 2.26. The summed E-state index contributed by atoms with van der Waals surface area (Å²) < 4.78 is 6.65. The van der Waals surface area contributed by atoms with Crippen LogP contribution in [0.4, 0.5) is 0 Å². The lowest BCUT2D eigenvalue weighted by molar-refractivity contribution is 0.103. The predicted molar refractivity (Wildman–Crippen MR) is 69.0 cm³/mol. The van der Waals surface area contributed by atoms with Crippen molar-refractivity contribution in [3.05, 3.63) is 47.2 Å². The molecular weight excluding hydrogens is 228 g/mol. The molecule has 4 heteroatoms. The van der Waals surface area contributed by atoms with Crippen molar-refractivity contribution in [1.82, 2.24) is 9.78 Å². The van der Waals surface area contributed by atoms with E-state index in [2.05, 4.69) is 12.0 Å². The molecule has 1 aromatic heterocycles. The van der Waals surface area contributed by atoms with Gasteiger partial charge in [-0.3, -0.25) is 4.79 Å². The van der Waals surface area contributed by atoms with Gasteiger partial charge in [-0.15, -0.1) is 0 Å². The van der Waals surface area contributed by atoms with Crippen molar-refractivity contribution >= 4 is 5.78 Å². The number of benzene rings is 1. The molecule has 0 atom stereocenters. The fourth-order valence-electron chi connectivity index (χ4n) is 1.79. The van der Waals surface area contributed by atoms with Crippen molar-refractivity contribution in [3.8, 4) is 5.88 Å². The minimum atomic E-state index is -0.0865. The fraction of sp³-hybridized carbons (Fsp3) is 0.286. The number of rotatable bonds is 4. The number of hydrogen-bond donors (Lipinski definition) is 0. The van der Waals surface area contributed by atoms with Gasteiger partial charge in [0.2, 0.25) is 11.7 Å². The summed E-state index contributed by atoms with van der Waals surface area (Å²) in [4.78, 5) is 12.2. The first kappa shape index (κ1) is 12.4. The van der Waals surface area contributed by atoms with Crippen molar-refractivity contribution in [2.45, 2.75) is 13.3 Å². The van der Waals surface area contributed by atoms with Crippen LogP contribution in [-0.2, 0) is 13.5 Å². The zero-order valence-electron chi connectivity index (χ0n) is 10.8. The number of nitrogens with zero attached hydrogens (tertiary/aromatic N) is 2. The maximum Gasteiger partial charge on any atom is 0.213 e. The van der Waals surface area contributed by atoms with Gasteiger partial charge in [0.05, 0.1) is 7.11 Å². The van der Waals surface area contributed by atoms with Gasteiger partial charge in [0.1, 0.15) is 5.69 Å². The van der Waals surface area contributed by atoms with E-state index in [1.54, 1.807) is 24.9 Å². The van der Waals surface area contributed by atoms with Crippen LogP contribution in [-0.4, -0.2) is 22.7 Å². The molecule has 94 valence electrons. The van der Waals surface area contributed by atoms with Crippen molar-refractivity contribution in [3.63, 3.8) is 0 Å². The third-order valence-electron chi connectivity index (χ3n) is 2.90. The number of hydrogen-bond acceptors (Lipinski definition) is 3. The van der Waals surface area contributed by atoms with Crippen LogP contribution in [0.2, 0.25) is 0 Å². The number of aryl methyl sites for hydroxylation is 2. The fourth-order valence-corrected chi connectivity index (χ4v) is 1.79. The highest BCUT2D eigenvalue weighted by atomic mass is 16.5. The molecule has 2 rings (SSSR count). The molecule has 2 aromatic rings. The predicted octanol–water partition coefficient (Wildman–Crippen LogP) is 2.22. The highest BCUT2D eigenvalue weighted by molar-refractivity contribution is 6.07. The van der Waals surface area contributed by atoms with E-state index in [0.717, 1.165) is 6.42 Å². The number of carbonyl (C=O) groups excluding carboxylic acids is 1. The Bertz CT molecular complexity index is 556. The Morgan fingerprint density at radius 1 is 1.33 bits per heavy atom. The normalized spacial score (nSPS) is 10.4. The maximum absolute atomic E-state index is 12.2. The van der Waals surface area contributed by atoms with Crippen LogP contribution in [0.3, 0.4) is 0 Å². The molecule has 0 fully saturated rings. The minimum absolute atomic E-state index is 0.0865. The molecule has 0 amide bonds. The first-order valence-electron chi connectivity index (χ1n) is 5.87. The maximum atomic E-state index is 12.2. The molecule has 18 heavy (non-hydrogen) atoms. The molecule has 0 saturated carbocycles. The highest BCUT2D eigenvalue weighted by Crippen LogP contribution is 2.15. The molecular formula is C14H16N2O2. The molecule has 0 saturated heterocycles. The number of ketones is 1. The number of methoxy groups -OCH3 is 1. The lowest BCUT2D eigenvalue weighted by Gasteiger charge is -1.99. The minimum Gasteiger partial charge on any atom is -0.481 e. The first-order chi connectivity index (χ1) is 8.65. The van der Waals surface area contributed by atoms with E-state index >= 15 is 0 Å². The summed E-state index contributed by atoms with van der Waals surface area (Å²) in [6, 6.07) is 9.25. The topological polar surface area (TPSA) is 44.1 Å². The number of aromatic nitrogens is 2. The second-order valence-corrected chi connectivity index (χ2v) is 4.08. The third kappa shape index (κ3) is 2.27. The largest absolute Gasteiger partial charge is 0.481 e. The third-order valence-corrected chi connectivity index (χ3v) is 2.90. The van der Waals surface area contributed by atoms with Crippen molar-refractivity contribution in [2.24, 2.45) is 7.05 Å². The summed E-state index contributed by atoms with van der Waals surface area (Å²) in [6.45, 7) is 2.08. The van der Waals surface area contributed by atoms with Gasteiger partial charge in [0.15, 0.2) is 0 Å². The Morgan fingerprint density at radius 2 is 2.00 bits per heavy atom. The molecule has 0 aliphatic rings. The molecule has 0 N–H and O–H groups in total. The SMILES string of the molecule is CCc1ccc(C(=O)c2cc(OC)n(C)n2)cc1. The van der Waals surface area contributed by atoms with Gasteiger partial charge in [0, 0.05) is 18.7 Å². The van der Waals surface area contributed by atoms with E-state index in [1.807, 2.05) is 24.3 Å². The van der Waals surface area contributed by atoms with E-state index in [9.17, 15) is 4.79 Å². The standard InChI is InChI=1S/C14H16N2O2/c1-4-10-5-7-11(8-6-10)14(17)12-9-13(18-3)16(2)15-12/h5-9H,4H2,1-3H3. The van der Waals surface area contributed by atoms with Gasteiger partial charge in [-0.05, 0) is 12.0 Å². The molecule has 1 aromatic carbocycles. The van der Waals surface area contributed by atoms with Crippen molar-refractivity contribution in [1.29, 1.82) is 0 Å². The summed E-state index contributed by atoms with van der Waals surface area (Å²) in [5, 5.41) is 4.14. The first-order valence-corrected chi connectivity index (χ1v) is 5.87. The Labute approximate surface area is 106 Å². The Balaban J connectivity index is 2.29. The number of ether oxygens (including phenoxy) is 1. The van der Waals surface area contributed by atoms with Crippen molar-refractivity contribution < 1.29 is 9.53 Å². The van der Waals surface area contributed by atoms with E-state index in [1.165, 1.54) is 5.56 Å². The molecule has 0 radical (unpaired) electrons. The Hall–Kier alpha value is -2.10. The second kappa shape index (κ2) is 5.04. The molecule has 0 aliphatic heterocycles. The number of carbonyl (C=O) groups is 1. The van der Waals surface area contributed by atoms with Gasteiger partial charge in [-0.2, -0.15) is 5.10 Å². The summed E-state index contributed by atoms with van der Waals surface area (Å²) in [7, 11) is 3.30. The average Bonchev–Trinajstić information content (AvgIpc) is 2.79. The van der Waals surface area contributed by atoms with Crippen LogP contribution in [0, 0.1) is 0 Å². The molecule has 0 aliphatic carbocycles. The highest BCUT2D eigenvalue weighted by Gasteiger charge is 2.14. The van der Waals surface area contributed by atoms with Crippen LogP contribution in [0.25, 0.3) is 0 Å². The quantitative estimate of drug-likeness (QED) is 0.775. The van der Waals surface area contributed by atoms with Crippen LogP contribution >= 0.6 is 0 Å². The molecule has 0 spiro atoms. The molecule has 1 heterocycles. The Kier molecular flexibility index (Phi) is 3.46. The average molecular weight is 244 g/mol. The molecule has 0 bridgehead atoms. The smallest absolute Gasteiger partial charge is 0.213 e. The molecule has 0 unspecified atom stereocenters. The lowest BCUT2D eigenvalue weighted by Crippen LogP contribution is -2.03. The van der Waals surface area contributed by atoms with E-state index < -0.39 is 0 Å². The van der Waals surface area contributed by atoms with Gasteiger partial charge in [0.25, 0.3) is 0 Å². The van der Waals surface area contributed by atoms with Crippen LogP contribution < -0.4 is 4.74 Å². The van der Waals surface area contributed by atoms with Crippen LogP contribution in [0.1, 0.15) is 28.5 Å². The van der Waals surface area contributed by atoms with Gasteiger partial charge >= 0.3 is 0 Å². The Morgan fingerprint density at radius 3 is 2.50 bits per heavy atom. The summed E-state index contributed by atoms with van der Waals surface area (Å²) in [5.74, 6) is 0.486. The summed E-state index contributed by atoms with van der Waals surface area (Å²) >= 11 is 0. The second-order valence-electron chi connectivity index (χ2n) is 4.08. The van der Waals surface area contributed by atoms with Gasteiger partial charge in [-0.25, -0.2) is 4.68 Å². The molecule has 4 nitrogen and oxygen atoms in total. The van der Waals surface area contributed by atoms with Crippen LogP contribution in [0.5, 0.6) is 5.88 Å². The lowest BCUT2D eigenvalue weighted by atomic mass is 10.1. The zero-order valence-corrected chi connectivity index (χ0v) is 10.8. The zero-order chi connectivity index (χ0) is 13.1. The monoisotopic (exact) mass is 244 g/mol. The van der Waals surface area contributed by atoms with Gasteiger partial charge < -0.3 is 4.74 Å². The summed E-state index contributed by atoms with van der Waals surface area (Å²) in [6.07, 6.45) is 0.964. The van der Waals surface area contributed by atoms with E-state index in [0.29, 0.717) is 17.1 Å².